The van der Waals surface area contributed by atoms with Crippen LogP contribution < -0.4 is 5.32 Å². The van der Waals surface area contributed by atoms with E-state index in [2.05, 4.69) is 19.2 Å². The SMILES string of the molecule is CCCCCCCCCCCCCCCCCC(=O)CC(CNCC(O)O)C(=O)CCCCCCCCCCCCCCCCC. The quantitative estimate of drug-likeness (QED) is 0.0455. The third kappa shape index (κ3) is 34.6. The van der Waals surface area contributed by atoms with Crippen molar-refractivity contribution in [3.8, 4) is 0 Å². The lowest BCUT2D eigenvalue weighted by molar-refractivity contribution is -0.128. The molecule has 5 nitrogen and oxygen atoms in total. The summed E-state index contributed by atoms with van der Waals surface area (Å²) in [5, 5.41) is 21.3. The lowest BCUT2D eigenvalue weighted by atomic mass is 9.92. The van der Waals surface area contributed by atoms with Crippen LogP contribution in [0, 0.1) is 5.92 Å². The van der Waals surface area contributed by atoms with E-state index in [1.54, 1.807) is 0 Å². The highest BCUT2D eigenvalue weighted by Gasteiger charge is 2.21. The van der Waals surface area contributed by atoms with Crippen molar-refractivity contribution in [2.75, 3.05) is 13.1 Å². The third-order valence-corrected chi connectivity index (χ3v) is 9.73. The number of hydrogen-bond donors (Lipinski definition) is 3. The molecular weight excluding hydrogens is 570 g/mol. The number of aliphatic hydroxyl groups excluding tert-OH is 1. The molecule has 0 aromatic heterocycles. The average molecular weight is 652 g/mol. The van der Waals surface area contributed by atoms with E-state index in [0.717, 1.165) is 25.7 Å². The topological polar surface area (TPSA) is 86.6 Å². The molecule has 1 atom stereocenters. The van der Waals surface area contributed by atoms with E-state index < -0.39 is 6.29 Å². The second-order valence-corrected chi connectivity index (χ2v) is 14.4. The molecule has 3 N–H and O–H groups in total. The van der Waals surface area contributed by atoms with Crippen molar-refractivity contribution in [2.45, 2.75) is 232 Å². The fourth-order valence-electron chi connectivity index (χ4n) is 6.63. The average Bonchev–Trinajstić information content (AvgIpc) is 3.04. The van der Waals surface area contributed by atoms with Gasteiger partial charge < -0.3 is 15.5 Å². The number of hydrogen-bond acceptors (Lipinski definition) is 5. The van der Waals surface area contributed by atoms with E-state index in [-0.39, 0.29) is 30.4 Å². The highest BCUT2D eigenvalue weighted by atomic mass is 16.5. The van der Waals surface area contributed by atoms with Gasteiger partial charge in [-0.3, -0.25) is 9.59 Å². The maximum absolute atomic E-state index is 13.0. The molecule has 0 aliphatic heterocycles. The van der Waals surface area contributed by atoms with Gasteiger partial charge in [-0.05, 0) is 12.8 Å². The predicted molar refractivity (Wildman–Crippen MR) is 198 cm³/mol. The highest BCUT2D eigenvalue weighted by Crippen LogP contribution is 2.18. The van der Waals surface area contributed by atoms with E-state index in [9.17, 15) is 19.8 Å². The maximum atomic E-state index is 13.0. The first-order valence-electron chi connectivity index (χ1n) is 20.6. The van der Waals surface area contributed by atoms with E-state index >= 15 is 0 Å². The van der Waals surface area contributed by atoms with Crippen LogP contribution in [0.2, 0.25) is 0 Å². The van der Waals surface area contributed by atoms with Crippen molar-refractivity contribution in [3.63, 3.8) is 0 Å². The van der Waals surface area contributed by atoms with Crippen molar-refractivity contribution in [1.29, 1.82) is 0 Å². The molecule has 0 radical (unpaired) electrons. The van der Waals surface area contributed by atoms with Gasteiger partial charge in [-0.25, -0.2) is 0 Å². The first-order chi connectivity index (χ1) is 22.5. The Morgan fingerprint density at radius 1 is 0.435 bits per heavy atom. The number of nitrogens with one attached hydrogen (secondary N) is 1. The molecule has 1 unspecified atom stereocenters. The monoisotopic (exact) mass is 652 g/mol. The first kappa shape index (κ1) is 45.2. The Balaban J connectivity index is 3.89. The first-order valence-corrected chi connectivity index (χ1v) is 20.6. The van der Waals surface area contributed by atoms with Gasteiger partial charge in [-0.1, -0.05) is 194 Å². The number of ketones is 2. The molecule has 5 heteroatoms. The summed E-state index contributed by atoms with van der Waals surface area (Å²) in [7, 11) is 0. The zero-order chi connectivity index (χ0) is 33.8. The van der Waals surface area contributed by atoms with Crippen LogP contribution >= 0.6 is 0 Å². The van der Waals surface area contributed by atoms with Gasteiger partial charge in [0.15, 0.2) is 6.29 Å². The van der Waals surface area contributed by atoms with Gasteiger partial charge in [-0.2, -0.15) is 0 Å². The van der Waals surface area contributed by atoms with Gasteiger partial charge in [0.05, 0.1) is 0 Å². The van der Waals surface area contributed by atoms with Gasteiger partial charge >= 0.3 is 0 Å². The van der Waals surface area contributed by atoms with Crippen molar-refractivity contribution >= 4 is 11.6 Å². The minimum Gasteiger partial charge on any atom is -0.367 e. The summed E-state index contributed by atoms with van der Waals surface area (Å²) < 4.78 is 0. The highest BCUT2D eigenvalue weighted by molar-refractivity contribution is 5.88. The Morgan fingerprint density at radius 3 is 1.07 bits per heavy atom. The largest absolute Gasteiger partial charge is 0.367 e. The molecule has 0 amide bonds. The summed E-state index contributed by atoms with van der Waals surface area (Å²) in [5.74, 6) is -0.0235. The molecule has 46 heavy (non-hydrogen) atoms. The Bertz CT molecular complexity index is 638. The van der Waals surface area contributed by atoms with Gasteiger partial charge in [0.25, 0.3) is 0 Å². The zero-order valence-corrected chi connectivity index (χ0v) is 31.1. The molecule has 0 bridgehead atoms. The minimum atomic E-state index is -1.44. The number of carbonyl (C=O) groups is 2. The fourth-order valence-corrected chi connectivity index (χ4v) is 6.63. The Kier molecular flexibility index (Phi) is 36.4. The number of Topliss-reactive ketones (excluding diaryl/α,β-unsaturated/α-hetero) is 2. The van der Waals surface area contributed by atoms with E-state index in [0.29, 0.717) is 19.4 Å². The molecule has 0 aromatic rings. The zero-order valence-electron chi connectivity index (χ0n) is 31.1. The summed E-state index contributed by atoms with van der Waals surface area (Å²) in [6.45, 7) is 4.92. The van der Waals surface area contributed by atoms with Crippen LogP contribution in [0.25, 0.3) is 0 Å². The number of unbranched alkanes of at least 4 members (excludes halogenated alkanes) is 28. The molecule has 0 aliphatic carbocycles. The minimum absolute atomic E-state index is 0.0238. The van der Waals surface area contributed by atoms with E-state index in [1.165, 1.54) is 167 Å². The molecule has 0 heterocycles. The number of carbonyl (C=O) groups excluding carboxylic acids is 2. The van der Waals surface area contributed by atoms with E-state index in [4.69, 9.17) is 0 Å². The molecule has 0 aromatic carbocycles. The summed E-state index contributed by atoms with van der Waals surface area (Å²) in [6.07, 6.45) is 39.1. The lowest BCUT2D eigenvalue weighted by Gasteiger charge is -2.17. The summed E-state index contributed by atoms with van der Waals surface area (Å²) in [6, 6.07) is 0. The van der Waals surface area contributed by atoms with Crippen molar-refractivity contribution < 1.29 is 19.8 Å². The van der Waals surface area contributed by atoms with E-state index in [1.807, 2.05) is 0 Å². The van der Waals surface area contributed by atoms with Crippen LogP contribution in [0.3, 0.4) is 0 Å². The third-order valence-electron chi connectivity index (χ3n) is 9.73. The molecule has 0 aliphatic rings. The molecule has 274 valence electrons. The standard InChI is InChI=1S/C41H81NO4/c1-3-5-7-9-11-13-15-17-19-21-23-25-27-29-31-33-39(43)35-38(36-42-37-41(45)46)40(44)34-32-30-28-26-24-22-20-18-16-14-12-10-8-6-4-2/h38,41-42,45-46H,3-37H2,1-2H3. The Hall–Kier alpha value is -0.780. The second-order valence-electron chi connectivity index (χ2n) is 14.4. The van der Waals surface area contributed by atoms with Crippen LogP contribution in [0.5, 0.6) is 0 Å². The molecule has 0 saturated heterocycles. The van der Waals surface area contributed by atoms with Gasteiger partial charge in [0.2, 0.25) is 0 Å². The normalized spacial score (nSPS) is 12.3. The fraction of sp³-hybridized carbons (Fsp3) is 0.951. The molecule has 0 rings (SSSR count). The predicted octanol–water partition coefficient (Wildman–Crippen LogP) is 11.6. The number of rotatable bonds is 39. The van der Waals surface area contributed by atoms with Crippen LogP contribution in [-0.4, -0.2) is 41.2 Å². The van der Waals surface area contributed by atoms with Gasteiger partial charge in [0, 0.05) is 38.3 Å². The Labute approximate surface area is 287 Å². The van der Waals surface area contributed by atoms with Crippen LogP contribution in [0.4, 0.5) is 0 Å². The number of aliphatic hydroxyl groups is 2. The van der Waals surface area contributed by atoms with Crippen molar-refractivity contribution in [3.05, 3.63) is 0 Å². The Morgan fingerprint density at radius 2 is 0.739 bits per heavy atom. The van der Waals surface area contributed by atoms with Crippen molar-refractivity contribution in [1.82, 2.24) is 5.32 Å². The maximum Gasteiger partial charge on any atom is 0.164 e. The summed E-state index contributed by atoms with van der Waals surface area (Å²) in [5.41, 5.74) is 0. The lowest BCUT2D eigenvalue weighted by Crippen LogP contribution is -2.34. The smallest absolute Gasteiger partial charge is 0.164 e. The van der Waals surface area contributed by atoms with Crippen LogP contribution in [0.15, 0.2) is 0 Å². The molecule has 0 saturated carbocycles. The van der Waals surface area contributed by atoms with Crippen molar-refractivity contribution in [2.24, 2.45) is 5.92 Å². The summed E-state index contributed by atoms with van der Waals surface area (Å²) >= 11 is 0. The molecule has 0 spiro atoms. The molecule has 0 fully saturated rings. The second kappa shape index (κ2) is 37.0. The summed E-state index contributed by atoms with van der Waals surface area (Å²) in [4.78, 5) is 25.7. The molecular formula is C41H81NO4. The van der Waals surface area contributed by atoms with Crippen LogP contribution in [0.1, 0.15) is 226 Å². The van der Waals surface area contributed by atoms with Gasteiger partial charge in [0.1, 0.15) is 11.6 Å². The van der Waals surface area contributed by atoms with Gasteiger partial charge in [-0.15, -0.1) is 0 Å². The van der Waals surface area contributed by atoms with Crippen LogP contribution in [-0.2, 0) is 9.59 Å².